The Bertz CT molecular complexity index is 944. The normalized spacial score (nSPS) is 14.6. The van der Waals surface area contributed by atoms with E-state index in [0.717, 1.165) is 24.1 Å². The van der Waals surface area contributed by atoms with E-state index in [1.54, 1.807) is 24.3 Å². The summed E-state index contributed by atoms with van der Waals surface area (Å²) in [6.07, 6.45) is 3.91. The zero-order valence-corrected chi connectivity index (χ0v) is 18.5. The molecule has 0 spiro atoms. The summed E-state index contributed by atoms with van der Waals surface area (Å²) in [5.74, 6) is -0.0182. The summed E-state index contributed by atoms with van der Waals surface area (Å²) in [6, 6.07) is 11.0. The molecule has 1 amide bonds. The molecule has 0 unspecified atom stereocenters. The van der Waals surface area contributed by atoms with Gasteiger partial charge in [0, 0.05) is 31.5 Å². The van der Waals surface area contributed by atoms with E-state index in [9.17, 15) is 13.2 Å². The van der Waals surface area contributed by atoms with Gasteiger partial charge in [-0.3, -0.25) is 4.79 Å². The van der Waals surface area contributed by atoms with Gasteiger partial charge in [-0.2, -0.15) is 4.31 Å². The number of carbonyl (C=O) groups is 1. The Balaban J connectivity index is 1.82. The molecule has 3 rings (SSSR count). The molecule has 1 aliphatic rings. The van der Waals surface area contributed by atoms with Crippen LogP contribution in [0.15, 0.2) is 47.5 Å². The number of aromatic nitrogens is 1. The highest BCUT2D eigenvalue weighted by Crippen LogP contribution is 2.29. The second kappa shape index (κ2) is 8.71. The molecule has 1 heterocycles. The van der Waals surface area contributed by atoms with E-state index in [4.69, 9.17) is 0 Å². The van der Waals surface area contributed by atoms with Crippen molar-refractivity contribution < 1.29 is 13.2 Å². The first-order valence-corrected chi connectivity index (χ1v) is 11.6. The van der Waals surface area contributed by atoms with Gasteiger partial charge in [0.05, 0.1) is 18.0 Å². The van der Waals surface area contributed by atoms with E-state index in [-0.39, 0.29) is 29.3 Å². The lowest BCUT2D eigenvalue weighted by Crippen LogP contribution is -2.44. The van der Waals surface area contributed by atoms with Crippen molar-refractivity contribution in [3.05, 3.63) is 53.9 Å². The van der Waals surface area contributed by atoms with Crippen LogP contribution in [0.25, 0.3) is 0 Å². The average molecular weight is 418 g/mol. The number of rotatable bonds is 9. The Kier molecular flexibility index (Phi) is 6.49. The van der Waals surface area contributed by atoms with E-state index >= 15 is 0 Å². The average Bonchev–Trinajstić information content (AvgIpc) is 3.41. The first-order valence-electron chi connectivity index (χ1n) is 10.1. The van der Waals surface area contributed by atoms with Gasteiger partial charge in [-0.1, -0.05) is 31.5 Å². The fraction of sp³-hybridized carbons (Fsp3) is 0.500. The maximum absolute atomic E-state index is 13.2. The number of aryl methyl sites for hydroxylation is 2. The third kappa shape index (κ3) is 5.28. The first-order chi connectivity index (χ1) is 13.7. The van der Waals surface area contributed by atoms with Crippen LogP contribution in [0.1, 0.15) is 37.9 Å². The Morgan fingerprint density at radius 3 is 2.34 bits per heavy atom. The van der Waals surface area contributed by atoms with Crippen LogP contribution in [0.3, 0.4) is 0 Å². The molecule has 1 aliphatic carbocycles. The molecule has 29 heavy (non-hydrogen) atoms. The van der Waals surface area contributed by atoms with Crippen molar-refractivity contribution in [3.8, 4) is 0 Å². The zero-order valence-electron chi connectivity index (χ0n) is 17.7. The molecule has 7 heteroatoms. The first kappa shape index (κ1) is 21.6. The second-order valence-electron chi connectivity index (χ2n) is 8.37. The van der Waals surface area contributed by atoms with Gasteiger partial charge in [0.2, 0.25) is 15.9 Å². The van der Waals surface area contributed by atoms with Crippen LogP contribution in [0.5, 0.6) is 0 Å². The third-order valence-electron chi connectivity index (χ3n) is 5.23. The molecule has 0 radical (unpaired) electrons. The maximum Gasteiger partial charge on any atom is 0.243 e. The lowest BCUT2D eigenvalue weighted by Gasteiger charge is -2.28. The number of hydrogen-bond acceptors (Lipinski definition) is 3. The number of benzene rings is 1. The number of amides is 1. The quantitative estimate of drug-likeness (QED) is 0.630. The van der Waals surface area contributed by atoms with Crippen LogP contribution in [-0.4, -0.2) is 47.2 Å². The monoisotopic (exact) mass is 417 g/mol. The van der Waals surface area contributed by atoms with E-state index in [1.165, 1.54) is 4.31 Å². The van der Waals surface area contributed by atoms with Gasteiger partial charge >= 0.3 is 0 Å². The molecule has 0 saturated heterocycles. The molecule has 158 valence electrons. The minimum atomic E-state index is -3.74. The SMILES string of the molecule is Cc1ccc(S(=O)(=O)N(CC(=O)N(Cc2cccn2C)C2CC2)CC(C)C)cc1. The highest BCUT2D eigenvalue weighted by molar-refractivity contribution is 7.89. The van der Waals surface area contributed by atoms with Crippen LogP contribution >= 0.6 is 0 Å². The van der Waals surface area contributed by atoms with Gasteiger partial charge in [-0.15, -0.1) is 0 Å². The number of carbonyl (C=O) groups excluding carboxylic acids is 1. The molecule has 6 nitrogen and oxygen atoms in total. The fourth-order valence-corrected chi connectivity index (χ4v) is 4.95. The largest absolute Gasteiger partial charge is 0.353 e. The van der Waals surface area contributed by atoms with Crippen molar-refractivity contribution >= 4 is 15.9 Å². The summed E-state index contributed by atoms with van der Waals surface area (Å²) in [6.45, 7) is 6.53. The minimum Gasteiger partial charge on any atom is -0.353 e. The van der Waals surface area contributed by atoms with Gasteiger partial charge in [0.25, 0.3) is 0 Å². The molecule has 0 bridgehead atoms. The van der Waals surface area contributed by atoms with Crippen molar-refractivity contribution in [2.24, 2.45) is 13.0 Å². The van der Waals surface area contributed by atoms with E-state index in [1.807, 2.05) is 55.6 Å². The van der Waals surface area contributed by atoms with E-state index in [2.05, 4.69) is 0 Å². The number of sulfonamides is 1. The van der Waals surface area contributed by atoms with Crippen molar-refractivity contribution in [1.29, 1.82) is 0 Å². The molecule has 2 aromatic rings. The molecule has 1 aromatic carbocycles. The molecule has 0 aliphatic heterocycles. The van der Waals surface area contributed by atoms with Gasteiger partial charge < -0.3 is 9.47 Å². The zero-order chi connectivity index (χ0) is 21.2. The highest BCUT2D eigenvalue weighted by atomic mass is 32.2. The van der Waals surface area contributed by atoms with E-state index < -0.39 is 10.0 Å². The van der Waals surface area contributed by atoms with Gasteiger partial charge in [0.1, 0.15) is 0 Å². The molecule has 0 N–H and O–H groups in total. The maximum atomic E-state index is 13.2. The molecule has 0 atom stereocenters. The van der Waals surface area contributed by atoms with Crippen molar-refractivity contribution in [2.75, 3.05) is 13.1 Å². The molecular formula is C22H31N3O3S. The smallest absolute Gasteiger partial charge is 0.243 e. The van der Waals surface area contributed by atoms with E-state index in [0.29, 0.717) is 13.1 Å². The van der Waals surface area contributed by atoms with Gasteiger partial charge in [0.15, 0.2) is 0 Å². The van der Waals surface area contributed by atoms with Gasteiger partial charge in [-0.05, 0) is 49.9 Å². The van der Waals surface area contributed by atoms with Crippen LogP contribution in [-0.2, 0) is 28.4 Å². The van der Waals surface area contributed by atoms with Crippen LogP contribution in [0, 0.1) is 12.8 Å². The minimum absolute atomic E-state index is 0.116. The third-order valence-corrected chi connectivity index (χ3v) is 7.06. The second-order valence-corrected chi connectivity index (χ2v) is 10.3. The topological polar surface area (TPSA) is 62.6 Å². The predicted octanol–water partition coefficient (Wildman–Crippen LogP) is 3.17. The van der Waals surface area contributed by atoms with Crippen LogP contribution < -0.4 is 0 Å². The molecular weight excluding hydrogens is 386 g/mol. The van der Waals surface area contributed by atoms with Gasteiger partial charge in [-0.25, -0.2) is 8.42 Å². The Hall–Kier alpha value is -2.12. The summed E-state index contributed by atoms with van der Waals surface area (Å²) in [5, 5.41) is 0. The molecule has 1 saturated carbocycles. The lowest BCUT2D eigenvalue weighted by molar-refractivity contribution is -0.132. The van der Waals surface area contributed by atoms with Crippen molar-refractivity contribution in [1.82, 2.24) is 13.8 Å². The number of hydrogen-bond donors (Lipinski definition) is 0. The Morgan fingerprint density at radius 1 is 1.17 bits per heavy atom. The van der Waals surface area contributed by atoms with Crippen molar-refractivity contribution in [2.45, 2.75) is 51.1 Å². The summed E-state index contributed by atoms with van der Waals surface area (Å²) in [5.41, 5.74) is 2.04. The van der Waals surface area contributed by atoms with Crippen molar-refractivity contribution in [3.63, 3.8) is 0 Å². The van der Waals surface area contributed by atoms with Crippen LogP contribution in [0.2, 0.25) is 0 Å². The number of nitrogens with zero attached hydrogens (tertiary/aromatic N) is 3. The lowest BCUT2D eigenvalue weighted by atomic mass is 10.2. The summed E-state index contributed by atoms with van der Waals surface area (Å²) < 4.78 is 29.8. The summed E-state index contributed by atoms with van der Waals surface area (Å²) in [7, 11) is -1.78. The van der Waals surface area contributed by atoms with Crippen LogP contribution in [0.4, 0.5) is 0 Å². The highest BCUT2D eigenvalue weighted by Gasteiger charge is 2.36. The molecule has 1 aromatic heterocycles. The summed E-state index contributed by atoms with van der Waals surface area (Å²) in [4.78, 5) is 15.3. The standard InChI is InChI=1S/C22H31N3O3S/c1-17(2)14-24(29(27,28)21-11-7-18(3)8-12-21)16-22(26)25(19-9-10-19)15-20-6-5-13-23(20)4/h5-8,11-13,17,19H,9-10,14-16H2,1-4H3. The Labute approximate surface area is 174 Å². The predicted molar refractivity (Wildman–Crippen MR) is 114 cm³/mol. The summed E-state index contributed by atoms with van der Waals surface area (Å²) >= 11 is 0. The Morgan fingerprint density at radius 2 is 1.83 bits per heavy atom. The fourth-order valence-electron chi connectivity index (χ4n) is 3.40. The molecule has 1 fully saturated rings.